The number of rotatable bonds is 7. The van der Waals surface area contributed by atoms with Crippen molar-refractivity contribution < 1.29 is 13.7 Å². The fraction of sp³-hybridized carbons (Fsp3) is 0.500. The summed E-state index contributed by atoms with van der Waals surface area (Å²) in [5.74, 6) is 0.428. The van der Waals surface area contributed by atoms with E-state index in [1.165, 1.54) is 6.20 Å². The molecule has 0 saturated carbocycles. The molecule has 1 atom stereocenters. The predicted molar refractivity (Wildman–Crippen MR) is 62.6 cm³/mol. The maximum absolute atomic E-state index is 11.8. The standard InChI is InChI=1S/C10H16N2O3S/c1-14-4-5-15-6-7-16(13)10-2-3-12-8-9(10)11/h2-3,8H,4-7,11H2,1H3. The minimum atomic E-state index is -1.13. The lowest BCUT2D eigenvalue weighted by atomic mass is 10.4. The summed E-state index contributed by atoms with van der Waals surface area (Å²) in [4.78, 5) is 4.46. The smallest absolute Gasteiger partial charge is 0.0700 e. The second kappa shape index (κ2) is 7.32. The van der Waals surface area contributed by atoms with Gasteiger partial charge in [0, 0.05) is 13.3 Å². The number of anilines is 1. The Bertz CT molecular complexity index is 347. The van der Waals surface area contributed by atoms with Gasteiger partial charge in [-0.25, -0.2) is 0 Å². The fourth-order valence-corrected chi connectivity index (χ4v) is 2.11. The second-order valence-electron chi connectivity index (χ2n) is 3.07. The summed E-state index contributed by atoms with van der Waals surface area (Å²) in [5.41, 5.74) is 6.11. The third-order valence-electron chi connectivity index (χ3n) is 1.90. The molecule has 1 unspecified atom stereocenters. The minimum Gasteiger partial charge on any atom is -0.396 e. The van der Waals surface area contributed by atoms with Gasteiger partial charge >= 0.3 is 0 Å². The van der Waals surface area contributed by atoms with Gasteiger partial charge in [-0.1, -0.05) is 0 Å². The molecule has 0 fully saturated rings. The number of nitrogens with two attached hydrogens (primary N) is 1. The van der Waals surface area contributed by atoms with Crippen molar-refractivity contribution in [3.8, 4) is 0 Å². The molecule has 0 aliphatic carbocycles. The van der Waals surface area contributed by atoms with Gasteiger partial charge in [0.2, 0.25) is 0 Å². The number of aromatic nitrogens is 1. The molecule has 5 nitrogen and oxygen atoms in total. The largest absolute Gasteiger partial charge is 0.396 e. The lowest BCUT2D eigenvalue weighted by Gasteiger charge is -2.05. The van der Waals surface area contributed by atoms with Gasteiger partial charge in [-0.15, -0.1) is 0 Å². The first-order valence-corrected chi connectivity index (χ1v) is 6.22. The van der Waals surface area contributed by atoms with Gasteiger partial charge in [0.25, 0.3) is 0 Å². The van der Waals surface area contributed by atoms with Crippen LogP contribution >= 0.6 is 0 Å². The molecule has 0 bridgehead atoms. The van der Waals surface area contributed by atoms with Crippen LogP contribution in [-0.2, 0) is 20.3 Å². The first-order chi connectivity index (χ1) is 7.75. The lowest BCUT2D eigenvalue weighted by molar-refractivity contribution is 0.0787. The van der Waals surface area contributed by atoms with Crippen molar-refractivity contribution in [3.63, 3.8) is 0 Å². The number of methoxy groups -OCH3 is 1. The lowest BCUT2D eigenvalue weighted by Crippen LogP contribution is -2.10. The topological polar surface area (TPSA) is 74.4 Å². The SMILES string of the molecule is COCCOCCS(=O)c1ccncc1N. The van der Waals surface area contributed by atoms with Crippen LogP contribution in [0.15, 0.2) is 23.4 Å². The number of hydrogen-bond acceptors (Lipinski definition) is 5. The van der Waals surface area contributed by atoms with Crippen LogP contribution in [0.1, 0.15) is 0 Å². The number of nitrogen functional groups attached to an aromatic ring is 1. The Morgan fingerprint density at radius 1 is 1.44 bits per heavy atom. The van der Waals surface area contributed by atoms with Crippen LogP contribution < -0.4 is 5.73 Å². The average molecular weight is 244 g/mol. The summed E-state index contributed by atoms with van der Waals surface area (Å²) in [6.45, 7) is 1.49. The molecule has 1 rings (SSSR count). The quantitative estimate of drug-likeness (QED) is 0.704. The number of pyridine rings is 1. The molecule has 1 aromatic rings. The van der Waals surface area contributed by atoms with E-state index in [9.17, 15) is 4.21 Å². The van der Waals surface area contributed by atoms with Crippen molar-refractivity contribution in [1.29, 1.82) is 0 Å². The molecule has 1 aromatic heterocycles. The summed E-state index contributed by atoms with van der Waals surface area (Å²) >= 11 is 0. The molecule has 0 saturated heterocycles. The van der Waals surface area contributed by atoms with Crippen LogP contribution in [0.5, 0.6) is 0 Å². The van der Waals surface area contributed by atoms with Gasteiger partial charge in [0.05, 0.1) is 53.2 Å². The Kier molecular flexibility index (Phi) is 5.99. The monoisotopic (exact) mass is 244 g/mol. The Balaban J connectivity index is 2.33. The number of ether oxygens (including phenoxy) is 2. The van der Waals surface area contributed by atoms with Gasteiger partial charge in [-0.3, -0.25) is 9.19 Å². The fourth-order valence-electron chi connectivity index (χ4n) is 1.09. The molecule has 16 heavy (non-hydrogen) atoms. The van der Waals surface area contributed by atoms with Crippen molar-refractivity contribution >= 4 is 16.5 Å². The summed E-state index contributed by atoms with van der Waals surface area (Å²) in [6.07, 6.45) is 3.08. The molecule has 0 aliphatic rings. The van der Waals surface area contributed by atoms with E-state index in [-0.39, 0.29) is 0 Å². The van der Waals surface area contributed by atoms with Crippen molar-refractivity contribution in [2.75, 3.05) is 38.4 Å². The van der Waals surface area contributed by atoms with Gasteiger partial charge in [-0.05, 0) is 6.07 Å². The third kappa shape index (κ3) is 4.26. The van der Waals surface area contributed by atoms with Crippen molar-refractivity contribution in [2.24, 2.45) is 0 Å². The van der Waals surface area contributed by atoms with Gasteiger partial charge < -0.3 is 15.2 Å². The average Bonchev–Trinajstić information content (AvgIpc) is 2.29. The van der Waals surface area contributed by atoms with E-state index in [2.05, 4.69) is 4.98 Å². The molecule has 0 aromatic carbocycles. The molecule has 2 N–H and O–H groups in total. The first kappa shape index (κ1) is 13.1. The van der Waals surface area contributed by atoms with E-state index < -0.39 is 10.8 Å². The van der Waals surface area contributed by atoms with Gasteiger partial charge in [0.15, 0.2) is 0 Å². The molecule has 0 aliphatic heterocycles. The van der Waals surface area contributed by atoms with Crippen molar-refractivity contribution in [1.82, 2.24) is 4.98 Å². The number of hydrogen-bond donors (Lipinski definition) is 1. The van der Waals surface area contributed by atoms with E-state index in [1.807, 2.05) is 0 Å². The van der Waals surface area contributed by atoms with Crippen LogP contribution in [0.2, 0.25) is 0 Å². The number of nitrogens with zero attached hydrogens (tertiary/aromatic N) is 1. The highest BCUT2D eigenvalue weighted by Gasteiger charge is 2.07. The summed E-state index contributed by atoms with van der Waals surface area (Å²) in [5, 5.41) is 0. The van der Waals surface area contributed by atoms with Crippen LogP contribution in [0.3, 0.4) is 0 Å². The van der Waals surface area contributed by atoms with Crippen LogP contribution in [-0.4, -0.2) is 41.9 Å². The highest BCUT2D eigenvalue weighted by Crippen LogP contribution is 2.13. The zero-order valence-electron chi connectivity index (χ0n) is 9.22. The van der Waals surface area contributed by atoms with Crippen LogP contribution in [0, 0.1) is 0 Å². The summed E-state index contributed by atoms with van der Waals surface area (Å²) in [6, 6.07) is 1.67. The van der Waals surface area contributed by atoms with E-state index in [4.69, 9.17) is 15.2 Å². The normalized spacial score (nSPS) is 12.6. The first-order valence-electron chi connectivity index (χ1n) is 4.90. The molecule has 0 radical (unpaired) electrons. The maximum atomic E-state index is 11.8. The van der Waals surface area contributed by atoms with Gasteiger partial charge in [0.1, 0.15) is 0 Å². The Morgan fingerprint density at radius 3 is 2.94 bits per heavy atom. The predicted octanol–water partition coefficient (Wildman–Crippen LogP) is 0.434. The maximum Gasteiger partial charge on any atom is 0.0700 e. The van der Waals surface area contributed by atoms with E-state index in [1.54, 1.807) is 19.4 Å². The zero-order chi connectivity index (χ0) is 11.8. The van der Waals surface area contributed by atoms with E-state index >= 15 is 0 Å². The van der Waals surface area contributed by atoms with Crippen molar-refractivity contribution in [2.45, 2.75) is 4.90 Å². The molecule has 0 spiro atoms. The van der Waals surface area contributed by atoms with E-state index in [0.29, 0.717) is 36.2 Å². The van der Waals surface area contributed by atoms with Gasteiger partial charge in [-0.2, -0.15) is 0 Å². The molecule has 0 amide bonds. The Hall–Kier alpha value is -0.980. The Morgan fingerprint density at radius 2 is 2.25 bits per heavy atom. The minimum absolute atomic E-state index is 0.428. The van der Waals surface area contributed by atoms with Crippen molar-refractivity contribution in [3.05, 3.63) is 18.5 Å². The molecule has 1 heterocycles. The van der Waals surface area contributed by atoms with Crippen LogP contribution in [0.4, 0.5) is 5.69 Å². The molecule has 90 valence electrons. The molecule has 6 heteroatoms. The summed E-state index contributed by atoms with van der Waals surface area (Å²) in [7, 11) is 0.479. The summed E-state index contributed by atoms with van der Waals surface area (Å²) < 4.78 is 21.8. The highest BCUT2D eigenvalue weighted by molar-refractivity contribution is 7.85. The third-order valence-corrected chi connectivity index (χ3v) is 3.30. The van der Waals surface area contributed by atoms with E-state index in [0.717, 1.165) is 0 Å². The highest BCUT2D eigenvalue weighted by atomic mass is 32.2. The second-order valence-corrected chi connectivity index (χ2v) is 4.61. The van der Waals surface area contributed by atoms with Crippen LogP contribution in [0.25, 0.3) is 0 Å². The zero-order valence-corrected chi connectivity index (χ0v) is 10.0. The molecular formula is C10H16N2O3S. The molecular weight excluding hydrogens is 228 g/mol. The Labute approximate surface area is 97.4 Å².